The van der Waals surface area contributed by atoms with Crippen LogP contribution in [0.15, 0.2) is 18.2 Å². The van der Waals surface area contributed by atoms with E-state index in [4.69, 9.17) is 16.3 Å². The fourth-order valence-electron chi connectivity index (χ4n) is 1.03. The normalized spacial score (nSPS) is 11.6. The lowest BCUT2D eigenvalue weighted by Crippen LogP contribution is -2.09. The molecule has 0 amide bonds. The molecule has 0 unspecified atom stereocenters. The lowest BCUT2D eigenvalue weighted by Gasteiger charge is -2.08. The van der Waals surface area contributed by atoms with Crippen LogP contribution in [-0.4, -0.2) is 12.8 Å². The Morgan fingerprint density at radius 3 is 2.50 bits per heavy atom. The number of hydrogen-bond donors (Lipinski definition) is 0. The van der Waals surface area contributed by atoms with Gasteiger partial charge in [0.25, 0.3) is 0 Å². The standard InChI is InChI=1S/C10H9ClF4O/c11-8-3-2-7(6-9(8)12)16-5-1-4-10(13,14)15/h2-3,6H,1,4-5H2. The summed E-state index contributed by atoms with van der Waals surface area (Å²) in [5, 5.41) is -0.0531. The van der Waals surface area contributed by atoms with Crippen molar-refractivity contribution < 1.29 is 22.3 Å². The lowest BCUT2D eigenvalue weighted by molar-refractivity contribution is -0.136. The third kappa shape index (κ3) is 4.70. The van der Waals surface area contributed by atoms with Crippen molar-refractivity contribution in [1.82, 2.24) is 0 Å². The molecule has 0 fully saturated rings. The highest BCUT2D eigenvalue weighted by Crippen LogP contribution is 2.23. The number of halogens is 5. The molecular weight excluding hydrogens is 248 g/mol. The number of hydrogen-bond acceptors (Lipinski definition) is 1. The quantitative estimate of drug-likeness (QED) is 0.579. The second-order valence-electron chi connectivity index (χ2n) is 3.14. The predicted octanol–water partition coefficient (Wildman–Crippen LogP) is 4.20. The summed E-state index contributed by atoms with van der Waals surface area (Å²) in [6, 6.07) is 3.73. The highest BCUT2D eigenvalue weighted by atomic mass is 35.5. The largest absolute Gasteiger partial charge is 0.493 e. The van der Waals surface area contributed by atoms with Crippen LogP contribution in [0.4, 0.5) is 17.6 Å². The van der Waals surface area contributed by atoms with Crippen LogP contribution < -0.4 is 4.74 Å². The van der Waals surface area contributed by atoms with Crippen LogP contribution in [0.5, 0.6) is 5.75 Å². The summed E-state index contributed by atoms with van der Waals surface area (Å²) in [7, 11) is 0. The zero-order valence-corrected chi connectivity index (χ0v) is 8.91. The Morgan fingerprint density at radius 1 is 1.25 bits per heavy atom. The fraction of sp³-hybridized carbons (Fsp3) is 0.400. The maximum absolute atomic E-state index is 12.9. The van der Waals surface area contributed by atoms with Gasteiger partial charge in [0.05, 0.1) is 11.6 Å². The Bertz CT molecular complexity index is 351. The molecule has 0 spiro atoms. The molecule has 0 aliphatic heterocycles. The topological polar surface area (TPSA) is 9.23 Å². The van der Waals surface area contributed by atoms with Crippen LogP contribution in [0.3, 0.4) is 0 Å². The van der Waals surface area contributed by atoms with E-state index in [0.717, 1.165) is 6.07 Å². The Balaban J connectivity index is 2.35. The molecule has 1 aromatic carbocycles. The Kier molecular flexibility index (Phi) is 4.41. The van der Waals surface area contributed by atoms with Crippen molar-refractivity contribution in [3.63, 3.8) is 0 Å². The van der Waals surface area contributed by atoms with Gasteiger partial charge >= 0.3 is 6.18 Å². The second-order valence-corrected chi connectivity index (χ2v) is 3.55. The molecule has 0 bridgehead atoms. The minimum Gasteiger partial charge on any atom is -0.493 e. The molecular formula is C10H9ClF4O. The van der Waals surface area contributed by atoms with Crippen LogP contribution in [0.25, 0.3) is 0 Å². The second kappa shape index (κ2) is 5.39. The van der Waals surface area contributed by atoms with Crippen molar-refractivity contribution in [2.45, 2.75) is 19.0 Å². The van der Waals surface area contributed by atoms with Crippen molar-refractivity contribution in [3.8, 4) is 5.75 Å². The number of ether oxygens (including phenoxy) is 1. The first-order chi connectivity index (χ1) is 7.38. The van der Waals surface area contributed by atoms with Crippen molar-refractivity contribution >= 4 is 11.6 Å². The molecule has 0 saturated heterocycles. The van der Waals surface area contributed by atoms with E-state index < -0.39 is 18.4 Å². The van der Waals surface area contributed by atoms with Gasteiger partial charge in [-0.15, -0.1) is 0 Å². The molecule has 90 valence electrons. The molecule has 6 heteroatoms. The zero-order chi connectivity index (χ0) is 12.2. The molecule has 0 aromatic heterocycles. The minimum absolute atomic E-state index is 0.0531. The van der Waals surface area contributed by atoms with Crippen molar-refractivity contribution in [1.29, 1.82) is 0 Å². The summed E-state index contributed by atoms with van der Waals surface area (Å²) in [4.78, 5) is 0. The molecule has 0 N–H and O–H groups in total. The molecule has 0 saturated carbocycles. The van der Waals surface area contributed by atoms with Gasteiger partial charge in [0.1, 0.15) is 11.6 Å². The van der Waals surface area contributed by atoms with Gasteiger partial charge in [-0.25, -0.2) is 4.39 Å². The number of rotatable bonds is 4. The van der Waals surface area contributed by atoms with E-state index in [0.29, 0.717) is 0 Å². The predicted molar refractivity (Wildman–Crippen MR) is 52.2 cm³/mol. The van der Waals surface area contributed by atoms with Crippen LogP contribution >= 0.6 is 11.6 Å². The molecule has 1 aromatic rings. The van der Waals surface area contributed by atoms with Gasteiger partial charge in [-0.05, 0) is 18.6 Å². The Morgan fingerprint density at radius 2 is 1.94 bits per heavy atom. The first-order valence-electron chi connectivity index (χ1n) is 4.53. The zero-order valence-electron chi connectivity index (χ0n) is 8.15. The maximum atomic E-state index is 12.9. The van der Waals surface area contributed by atoms with Gasteiger partial charge in [-0.2, -0.15) is 13.2 Å². The molecule has 0 radical (unpaired) electrons. The van der Waals surface area contributed by atoms with Crippen molar-refractivity contribution in [2.75, 3.05) is 6.61 Å². The first-order valence-corrected chi connectivity index (χ1v) is 4.91. The molecule has 0 aliphatic carbocycles. The van der Waals surface area contributed by atoms with Crippen LogP contribution in [0.1, 0.15) is 12.8 Å². The summed E-state index contributed by atoms with van der Waals surface area (Å²) >= 11 is 5.42. The van der Waals surface area contributed by atoms with Crippen LogP contribution in [-0.2, 0) is 0 Å². The van der Waals surface area contributed by atoms with Gasteiger partial charge in [0.2, 0.25) is 0 Å². The summed E-state index contributed by atoms with van der Waals surface area (Å²) < 4.78 is 53.1. The van der Waals surface area contributed by atoms with Crippen LogP contribution in [0, 0.1) is 5.82 Å². The third-order valence-electron chi connectivity index (χ3n) is 1.76. The van der Waals surface area contributed by atoms with E-state index in [2.05, 4.69) is 0 Å². The van der Waals surface area contributed by atoms with Gasteiger partial charge in [0.15, 0.2) is 0 Å². The van der Waals surface area contributed by atoms with E-state index >= 15 is 0 Å². The maximum Gasteiger partial charge on any atom is 0.389 e. The summed E-state index contributed by atoms with van der Waals surface area (Å²) in [5.74, 6) is -0.487. The number of benzene rings is 1. The lowest BCUT2D eigenvalue weighted by atomic mass is 10.3. The van der Waals surface area contributed by atoms with E-state index in [-0.39, 0.29) is 23.8 Å². The van der Waals surface area contributed by atoms with E-state index in [1.54, 1.807) is 0 Å². The smallest absolute Gasteiger partial charge is 0.389 e. The monoisotopic (exact) mass is 256 g/mol. The Labute approximate surface area is 95.0 Å². The highest BCUT2D eigenvalue weighted by Gasteiger charge is 2.26. The van der Waals surface area contributed by atoms with Crippen molar-refractivity contribution in [3.05, 3.63) is 29.0 Å². The average Bonchev–Trinajstić information content (AvgIpc) is 2.17. The van der Waals surface area contributed by atoms with Gasteiger partial charge in [-0.1, -0.05) is 11.6 Å². The Hall–Kier alpha value is -0.970. The first kappa shape index (κ1) is 13.1. The van der Waals surface area contributed by atoms with E-state index in [9.17, 15) is 17.6 Å². The average molecular weight is 257 g/mol. The summed E-state index contributed by atoms with van der Waals surface area (Å²) in [5.41, 5.74) is 0. The summed E-state index contributed by atoms with van der Waals surface area (Å²) in [6.45, 7) is -0.111. The van der Waals surface area contributed by atoms with Crippen molar-refractivity contribution in [2.24, 2.45) is 0 Å². The van der Waals surface area contributed by atoms with Gasteiger partial charge in [0, 0.05) is 12.5 Å². The highest BCUT2D eigenvalue weighted by molar-refractivity contribution is 6.30. The van der Waals surface area contributed by atoms with Gasteiger partial charge < -0.3 is 4.74 Å². The molecule has 1 nitrogen and oxygen atoms in total. The molecule has 0 atom stereocenters. The van der Waals surface area contributed by atoms with E-state index in [1.807, 2.05) is 0 Å². The molecule has 0 heterocycles. The fourth-order valence-corrected chi connectivity index (χ4v) is 1.15. The summed E-state index contributed by atoms with van der Waals surface area (Å²) in [6.07, 6.45) is -5.26. The number of alkyl halides is 3. The van der Waals surface area contributed by atoms with E-state index in [1.165, 1.54) is 12.1 Å². The van der Waals surface area contributed by atoms with Crippen LogP contribution in [0.2, 0.25) is 5.02 Å². The molecule has 0 aliphatic rings. The molecule has 1 rings (SSSR count). The third-order valence-corrected chi connectivity index (χ3v) is 2.07. The molecule has 16 heavy (non-hydrogen) atoms. The van der Waals surface area contributed by atoms with Gasteiger partial charge in [-0.3, -0.25) is 0 Å². The minimum atomic E-state index is -4.19. The SMILES string of the molecule is Fc1cc(OCCCC(F)(F)F)ccc1Cl.